The van der Waals surface area contributed by atoms with E-state index in [-0.39, 0.29) is 5.82 Å². The molecule has 1 N–H and O–H groups in total. The Morgan fingerprint density at radius 2 is 2.05 bits per heavy atom. The molecule has 0 aromatic carbocycles. The summed E-state index contributed by atoms with van der Waals surface area (Å²) in [4.78, 5) is 6.39. The van der Waals surface area contributed by atoms with Crippen LogP contribution in [0.3, 0.4) is 0 Å². The van der Waals surface area contributed by atoms with Crippen molar-refractivity contribution in [1.29, 1.82) is 0 Å². The van der Waals surface area contributed by atoms with E-state index in [0.29, 0.717) is 28.9 Å². The van der Waals surface area contributed by atoms with E-state index in [2.05, 4.69) is 29.0 Å². The van der Waals surface area contributed by atoms with Crippen LogP contribution in [0.25, 0.3) is 0 Å². The topological polar surface area (TPSA) is 28.2 Å². The van der Waals surface area contributed by atoms with Crippen LogP contribution in [0.2, 0.25) is 0 Å². The predicted octanol–water partition coefficient (Wildman–Crippen LogP) is 2.80. The van der Waals surface area contributed by atoms with Crippen LogP contribution in [-0.4, -0.2) is 34.6 Å². The number of aromatic nitrogens is 1. The minimum atomic E-state index is -0.146. The average Bonchev–Trinajstić information content (AvgIpc) is 3.20. The number of hydrogen-bond acceptors (Lipinski definition) is 4. The van der Waals surface area contributed by atoms with Gasteiger partial charge in [-0.1, -0.05) is 13.8 Å². The molecule has 2 unspecified atom stereocenters. The molecule has 110 valence electrons. The number of rotatable bonds is 4. The van der Waals surface area contributed by atoms with Gasteiger partial charge in [0, 0.05) is 47.9 Å². The maximum atomic E-state index is 14.6. The lowest BCUT2D eigenvalue weighted by Crippen LogP contribution is -2.41. The van der Waals surface area contributed by atoms with Gasteiger partial charge in [-0.15, -0.1) is 0 Å². The van der Waals surface area contributed by atoms with E-state index in [9.17, 15) is 4.39 Å². The van der Waals surface area contributed by atoms with E-state index in [4.69, 9.17) is 0 Å². The van der Waals surface area contributed by atoms with Crippen molar-refractivity contribution in [2.45, 2.75) is 49.8 Å². The van der Waals surface area contributed by atoms with Gasteiger partial charge in [-0.3, -0.25) is 0 Å². The van der Waals surface area contributed by atoms with Gasteiger partial charge in [-0.2, -0.15) is 11.8 Å². The van der Waals surface area contributed by atoms with Crippen molar-refractivity contribution < 1.29 is 4.39 Å². The van der Waals surface area contributed by atoms with Gasteiger partial charge >= 0.3 is 0 Å². The Morgan fingerprint density at radius 3 is 2.70 bits per heavy atom. The van der Waals surface area contributed by atoms with E-state index in [0.717, 1.165) is 18.7 Å². The van der Waals surface area contributed by atoms with E-state index in [1.54, 1.807) is 12.3 Å². The van der Waals surface area contributed by atoms with Crippen molar-refractivity contribution in [3.8, 4) is 0 Å². The standard InChI is InChI=1S/C15H22FN3S/c1-10-8-19(9-11(2)20-10)15-14(16)12(5-6-17-15)7-18-13-3-4-13/h5-6,10-11,13,18H,3-4,7-9H2,1-2H3. The zero-order chi connectivity index (χ0) is 14.1. The fourth-order valence-corrected chi connectivity index (χ4v) is 4.05. The Bertz CT molecular complexity index is 468. The fourth-order valence-electron chi connectivity index (χ4n) is 2.72. The molecule has 2 atom stereocenters. The predicted molar refractivity (Wildman–Crippen MR) is 82.8 cm³/mol. The fraction of sp³-hybridized carbons (Fsp3) is 0.667. The molecular weight excluding hydrogens is 273 g/mol. The zero-order valence-corrected chi connectivity index (χ0v) is 12.9. The number of nitrogens with zero attached hydrogens (tertiary/aromatic N) is 2. The van der Waals surface area contributed by atoms with Gasteiger partial charge in [0.1, 0.15) is 0 Å². The molecule has 1 aliphatic carbocycles. The molecule has 1 aliphatic heterocycles. The van der Waals surface area contributed by atoms with E-state index < -0.39 is 0 Å². The first-order valence-electron chi connectivity index (χ1n) is 7.40. The maximum Gasteiger partial charge on any atom is 0.170 e. The highest BCUT2D eigenvalue weighted by Gasteiger charge is 2.26. The summed E-state index contributed by atoms with van der Waals surface area (Å²) in [7, 11) is 0. The first-order valence-corrected chi connectivity index (χ1v) is 8.35. The summed E-state index contributed by atoms with van der Waals surface area (Å²) >= 11 is 1.97. The number of nitrogens with one attached hydrogen (secondary N) is 1. The van der Waals surface area contributed by atoms with Crippen LogP contribution in [0.1, 0.15) is 32.3 Å². The highest BCUT2D eigenvalue weighted by molar-refractivity contribution is 8.00. The summed E-state index contributed by atoms with van der Waals surface area (Å²) in [5, 5.41) is 4.41. The molecular formula is C15H22FN3S. The van der Waals surface area contributed by atoms with Gasteiger partial charge in [0.25, 0.3) is 0 Å². The van der Waals surface area contributed by atoms with Gasteiger partial charge in [-0.25, -0.2) is 9.37 Å². The summed E-state index contributed by atoms with van der Waals surface area (Å²) in [6.45, 7) is 6.75. The molecule has 1 saturated carbocycles. The molecule has 0 bridgehead atoms. The zero-order valence-electron chi connectivity index (χ0n) is 12.1. The first kappa shape index (κ1) is 14.1. The Kier molecular flexibility index (Phi) is 4.17. The molecule has 0 radical (unpaired) electrons. The van der Waals surface area contributed by atoms with Crippen LogP contribution in [0.4, 0.5) is 10.2 Å². The second kappa shape index (κ2) is 5.90. The molecule has 0 spiro atoms. The third-order valence-electron chi connectivity index (χ3n) is 3.83. The van der Waals surface area contributed by atoms with E-state index in [1.807, 2.05) is 11.8 Å². The smallest absolute Gasteiger partial charge is 0.170 e. The van der Waals surface area contributed by atoms with Crippen molar-refractivity contribution in [2.75, 3.05) is 18.0 Å². The van der Waals surface area contributed by atoms with Gasteiger partial charge in [-0.05, 0) is 18.9 Å². The molecule has 20 heavy (non-hydrogen) atoms. The van der Waals surface area contributed by atoms with Crippen molar-refractivity contribution in [3.05, 3.63) is 23.6 Å². The number of anilines is 1. The molecule has 5 heteroatoms. The van der Waals surface area contributed by atoms with Crippen LogP contribution < -0.4 is 10.2 Å². The monoisotopic (exact) mass is 295 g/mol. The van der Waals surface area contributed by atoms with Crippen LogP contribution in [0.5, 0.6) is 0 Å². The molecule has 2 fully saturated rings. The number of pyridine rings is 1. The largest absolute Gasteiger partial charge is 0.352 e. The summed E-state index contributed by atoms with van der Waals surface area (Å²) < 4.78 is 14.6. The van der Waals surface area contributed by atoms with Crippen LogP contribution in [0, 0.1) is 5.82 Å². The lowest BCUT2D eigenvalue weighted by Gasteiger charge is -2.35. The third kappa shape index (κ3) is 3.26. The van der Waals surface area contributed by atoms with Crippen molar-refractivity contribution >= 4 is 17.6 Å². The van der Waals surface area contributed by atoms with Gasteiger partial charge in [0.2, 0.25) is 0 Å². The first-order chi connectivity index (χ1) is 9.63. The molecule has 1 aromatic heterocycles. The highest BCUT2D eigenvalue weighted by Crippen LogP contribution is 2.30. The van der Waals surface area contributed by atoms with Gasteiger partial charge in [0.05, 0.1) is 0 Å². The average molecular weight is 295 g/mol. The Hall–Kier alpha value is -0.810. The summed E-state index contributed by atoms with van der Waals surface area (Å²) in [6.07, 6.45) is 4.18. The molecule has 2 heterocycles. The van der Waals surface area contributed by atoms with Crippen molar-refractivity contribution in [1.82, 2.24) is 10.3 Å². The number of thioether (sulfide) groups is 1. The van der Waals surface area contributed by atoms with E-state index >= 15 is 0 Å². The number of hydrogen-bond donors (Lipinski definition) is 1. The summed E-state index contributed by atoms with van der Waals surface area (Å²) in [5.74, 6) is 0.381. The molecule has 3 rings (SSSR count). The lowest BCUT2D eigenvalue weighted by atomic mass is 10.2. The van der Waals surface area contributed by atoms with Crippen molar-refractivity contribution in [2.24, 2.45) is 0 Å². The van der Waals surface area contributed by atoms with Crippen LogP contribution >= 0.6 is 11.8 Å². The lowest BCUT2D eigenvalue weighted by molar-refractivity contribution is 0.570. The Morgan fingerprint density at radius 1 is 1.35 bits per heavy atom. The quantitative estimate of drug-likeness (QED) is 0.924. The third-order valence-corrected chi connectivity index (χ3v) is 5.06. The highest BCUT2D eigenvalue weighted by atomic mass is 32.2. The minimum absolute atomic E-state index is 0.146. The van der Waals surface area contributed by atoms with E-state index in [1.165, 1.54) is 12.8 Å². The Balaban J connectivity index is 1.75. The Labute approximate surface area is 124 Å². The SMILES string of the molecule is CC1CN(c2nccc(CNC3CC3)c2F)CC(C)S1. The molecule has 0 amide bonds. The van der Waals surface area contributed by atoms with Crippen molar-refractivity contribution in [3.63, 3.8) is 0 Å². The van der Waals surface area contributed by atoms with Crippen LogP contribution in [0.15, 0.2) is 12.3 Å². The van der Waals surface area contributed by atoms with Gasteiger partial charge < -0.3 is 10.2 Å². The summed E-state index contributed by atoms with van der Waals surface area (Å²) in [5.41, 5.74) is 0.737. The van der Waals surface area contributed by atoms with Crippen LogP contribution in [-0.2, 0) is 6.54 Å². The maximum absolute atomic E-state index is 14.6. The summed E-state index contributed by atoms with van der Waals surface area (Å²) in [6, 6.07) is 2.39. The minimum Gasteiger partial charge on any atom is -0.352 e. The normalized spacial score (nSPS) is 26.9. The second-order valence-corrected chi connectivity index (χ2v) is 7.81. The second-order valence-electron chi connectivity index (χ2n) is 5.93. The molecule has 1 aromatic rings. The molecule has 3 nitrogen and oxygen atoms in total. The molecule has 1 saturated heterocycles. The van der Waals surface area contributed by atoms with Gasteiger partial charge in [0.15, 0.2) is 11.6 Å². The number of halogens is 1. The molecule has 2 aliphatic rings.